The van der Waals surface area contributed by atoms with Crippen LogP contribution in [0.25, 0.3) is 0 Å². The predicted octanol–water partition coefficient (Wildman–Crippen LogP) is 3.08. The summed E-state index contributed by atoms with van der Waals surface area (Å²) < 4.78 is 5.48. The number of nitrogens with zero attached hydrogens (tertiary/aromatic N) is 2. The molecule has 0 bridgehead atoms. The molecule has 0 spiro atoms. The van der Waals surface area contributed by atoms with Crippen LogP contribution in [0.5, 0.6) is 5.88 Å². The Morgan fingerprint density at radius 1 is 1.32 bits per heavy atom. The molecule has 0 atom stereocenters. The van der Waals surface area contributed by atoms with E-state index in [0.29, 0.717) is 23.6 Å². The first-order valence-corrected chi connectivity index (χ1v) is 7.16. The molecular weight excluding hydrogens is 238 g/mol. The van der Waals surface area contributed by atoms with Crippen LogP contribution in [0.15, 0.2) is 12.1 Å². The molecule has 0 radical (unpaired) electrons. The minimum atomic E-state index is 0.436. The lowest BCUT2D eigenvalue weighted by atomic mass is 9.85. The van der Waals surface area contributed by atoms with E-state index in [9.17, 15) is 0 Å². The zero-order valence-electron chi connectivity index (χ0n) is 12.3. The molecule has 1 saturated heterocycles. The Bertz CT molecular complexity index is 431. The van der Waals surface area contributed by atoms with Gasteiger partial charge in [-0.25, -0.2) is 0 Å². The van der Waals surface area contributed by atoms with Gasteiger partial charge >= 0.3 is 0 Å². The van der Waals surface area contributed by atoms with Crippen molar-refractivity contribution in [1.82, 2.24) is 4.98 Å². The van der Waals surface area contributed by atoms with E-state index >= 15 is 0 Å². The van der Waals surface area contributed by atoms with Gasteiger partial charge in [0.15, 0.2) is 0 Å². The third kappa shape index (κ3) is 3.52. The van der Waals surface area contributed by atoms with E-state index in [1.807, 2.05) is 19.1 Å². The van der Waals surface area contributed by atoms with Crippen molar-refractivity contribution in [2.75, 3.05) is 30.3 Å². The Balaban J connectivity index is 2.15. The second kappa shape index (κ2) is 5.68. The van der Waals surface area contributed by atoms with Gasteiger partial charge in [-0.3, -0.25) is 0 Å². The highest BCUT2D eigenvalue weighted by molar-refractivity contribution is 5.54. The molecule has 106 valence electrons. The molecular formula is C15H25N3O. The van der Waals surface area contributed by atoms with Gasteiger partial charge in [0.2, 0.25) is 5.88 Å². The van der Waals surface area contributed by atoms with Gasteiger partial charge in [0.25, 0.3) is 0 Å². The topological polar surface area (TPSA) is 51.4 Å². The lowest BCUT2D eigenvalue weighted by Gasteiger charge is -2.24. The van der Waals surface area contributed by atoms with Crippen molar-refractivity contribution < 1.29 is 4.74 Å². The number of hydrogen-bond acceptors (Lipinski definition) is 4. The lowest BCUT2D eigenvalue weighted by molar-refractivity contribution is 0.324. The Kier molecular flexibility index (Phi) is 4.17. The molecule has 0 aromatic carbocycles. The van der Waals surface area contributed by atoms with Gasteiger partial charge in [0.05, 0.1) is 12.3 Å². The normalized spacial score (nSPS) is 19.0. The van der Waals surface area contributed by atoms with Crippen LogP contribution in [0.3, 0.4) is 0 Å². The van der Waals surface area contributed by atoms with Crippen molar-refractivity contribution in [2.24, 2.45) is 5.41 Å². The number of anilines is 2. The highest BCUT2D eigenvalue weighted by Crippen LogP contribution is 2.32. The van der Waals surface area contributed by atoms with E-state index in [1.165, 1.54) is 19.3 Å². The zero-order chi connectivity index (χ0) is 13.9. The van der Waals surface area contributed by atoms with Gasteiger partial charge < -0.3 is 15.4 Å². The highest BCUT2D eigenvalue weighted by Gasteiger charge is 2.23. The van der Waals surface area contributed by atoms with Crippen molar-refractivity contribution in [3.8, 4) is 5.88 Å². The van der Waals surface area contributed by atoms with E-state index in [2.05, 4.69) is 23.7 Å². The highest BCUT2D eigenvalue weighted by atomic mass is 16.5. The van der Waals surface area contributed by atoms with E-state index in [0.717, 1.165) is 18.9 Å². The first-order chi connectivity index (χ1) is 9.02. The van der Waals surface area contributed by atoms with Crippen LogP contribution in [-0.4, -0.2) is 24.7 Å². The first kappa shape index (κ1) is 14.0. The van der Waals surface area contributed by atoms with Crippen LogP contribution in [0, 0.1) is 5.41 Å². The van der Waals surface area contributed by atoms with E-state index < -0.39 is 0 Å². The molecule has 2 heterocycles. The quantitative estimate of drug-likeness (QED) is 0.910. The van der Waals surface area contributed by atoms with Crippen molar-refractivity contribution >= 4 is 11.5 Å². The molecule has 1 aromatic heterocycles. The molecule has 0 amide bonds. The Hall–Kier alpha value is -1.45. The van der Waals surface area contributed by atoms with Crippen molar-refractivity contribution in [3.05, 3.63) is 12.1 Å². The summed E-state index contributed by atoms with van der Waals surface area (Å²) in [6.07, 6.45) is 3.68. The van der Waals surface area contributed by atoms with Gasteiger partial charge in [-0.1, -0.05) is 13.8 Å². The summed E-state index contributed by atoms with van der Waals surface area (Å²) in [7, 11) is 0. The molecule has 4 heteroatoms. The largest absolute Gasteiger partial charge is 0.476 e. The summed E-state index contributed by atoms with van der Waals surface area (Å²) in [6.45, 7) is 9.34. The number of aromatic nitrogens is 1. The lowest BCUT2D eigenvalue weighted by Crippen LogP contribution is -2.26. The van der Waals surface area contributed by atoms with Gasteiger partial charge in [0.1, 0.15) is 5.82 Å². The monoisotopic (exact) mass is 263 g/mol. The molecule has 0 saturated carbocycles. The fraction of sp³-hybridized carbons (Fsp3) is 0.667. The molecule has 0 aliphatic carbocycles. The maximum Gasteiger partial charge on any atom is 0.239 e. The predicted molar refractivity (Wildman–Crippen MR) is 79.7 cm³/mol. The number of rotatable bonds is 3. The number of hydrogen-bond donors (Lipinski definition) is 1. The van der Waals surface area contributed by atoms with Gasteiger partial charge in [0, 0.05) is 13.1 Å². The average molecular weight is 263 g/mol. The van der Waals surface area contributed by atoms with Crippen LogP contribution in [-0.2, 0) is 0 Å². The summed E-state index contributed by atoms with van der Waals surface area (Å²) in [6, 6.07) is 3.89. The van der Waals surface area contributed by atoms with Crippen LogP contribution >= 0.6 is 0 Å². The maximum absolute atomic E-state index is 5.87. The fourth-order valence-electron chi connectivity index (χ4n) is 2.52. The minimum absolute atomic E-state index is 0.436. The number of nitrogens with two attached hydrogens (primary N) is 1. The van der Waals surface area contributed by atoms with Crippen molar-refractivity contribution in [2.45, 2.75) is 40.0 Å². The van der Waals surface area contributed by atoms with E-state index in [1.54, 1.807) is 0 Å². The smallest absolute Gasteiger partial charge is 0.239 e. The summed E-state index contributed by atoms with van der Waals surface area (Å²) in [5.74, 6) is 1.54. The van der Waals surface area contributed by atoms with Crippen molar-refractivity contribution in [1.29, 1.82) is 0 Å². The second-order valence-corrected chi connectivity index (χ2v) is 6.00. The number of nitrogen functional groups attached to an aromatic ring is 1. The Labute approximate surface area is 116 Å². The third-order valence-corrected chi connectivity index (χ3v) is 3.82. The molecule has 19 heavy (non-hydrogen) atoms. The average Bonchev–Trinajstić information content (AvgIpc) is 2.53. The maximum atomic E-state index is 5.87. The Morgan fingerprint density at radius 2 is 2.11 bits per heavy atom. The van der Waals surface area contributed by atoms with Crippen LogP contribution in [0.2, 0.25) is 0 Å². The standard InChI is InChI=1S/C15H25N3O/c1-4-19-14-12(16)6-7-13(17-14)18-10-5-8-15(2,3)9-11-18/h6-7H,4-5,8-11,16H2,1-3H3. The summed E-state index contributed by atoms with van der Waals surface area (Å²) in [4.78, 5) is 6.90. The second-order valence-electron chi connectivity index (χ2n) is 6.00. The molecule has 0 unspecified atom stereocenters. The molecule has 1 aliphatic rings. The molecule has 1 aromatic rings. The minimum Gasteiger partial charge on any atom is -0.476 e. The summed E-state index contributed by atoms with van der Waals surface area (Å²) in [5, 5.41) is 0. The number of pyridine rings is 1. The molecule has 2 rings (SSSR count). The summed E-state index contributed by atoms with van der Waals surface area (Å²) >= 11 is 0. The van der Waals surface area contributed by atoms with Crippen LogP contribution in [0.4, 0.5) is 11.5 Å². The van der Waals surface area contributed by atoms with Gasteiger partial charge in [-0.15, -0.1) is 0 Å². The van der Waals surface area contributed by atoms with E-state index in [-0.39, 0.29) is 0 Å². The van der Waals surface area contributed by atoms with Crippen molar-refractivity contribution in [3.63, 3.8) is 0 Å². The van der Waals surface area contributed by atoms with Crippen LogP contribution < -0.4 is 15.4 Å². The number of ether oxygens (including phenoxy) is 1. The molecule has 1 aliphatic heterocycles. The van der Waals surface area contributed by atoms with E-state index in [4.69, 9.17) is 10.5 Å². The first-order valence-electron chi connectivity index (χ1n) is 7.16. The fourth-order valence-corrected chi connectivity index (χ4v) is 2.52. The van der Waals surface area contributed by atoms with Gasteiger partial charge in [-0.05, 0) is 43.7 Å². The van der Waals surface area contributed by atoms with Gasteiger partial charge in [-0.2, -0.15) is 4.98 Å². The SMILES string of the molecule is CCOc1nc(N2CCCC(C)(C)CC2)ccc1N. The van der Waals surface area contributed by atoms with Crippen LogP contribution in [0.1, 0.15) is 40.0 Å². The molecule has 2 N–H and O–H groups in total. The Morgan fingerprint density at radius 3 is 2.84 bits per heavy atom. The molecule has 1 fully saturated rings. The molecule has 4 nitrogen and oxygen atoms in total. The zero-order valence-corrected chi connectivity index (χ0v) is 12.3. The third-order valence-electron chi connectivity index (χ3n) is 3.82. The summed E-state index contributed by atoms with van der Waals surface area (Å²) in [5.41, 5.74) is 6.92.